The van der Waals surface area contributed by atoms with Gasteiger partial charge in [-0.25, -0.2) is 4.98 Å². The highest BCUT2D eigenvalue weighted by Gasteiger charge is 2.12. The third-order valence-electron chi connectivity index (χ3n) is 3.94. The second-order valence-corrected chi connectivity index (χ2v) is 7.35. The van der Waals surface area contributed by atoms with Gasteiger partial charge in [0.25, 0.3) is 5.91 Å². The van der Waals surface area contributed by atoms with E-state index in [9.17, 15) is 4.79 Å². The zero-order valence-corrected chi connectivity index (χ0v) is 16.5. The summed E-state index contributed by atoms with van der Waals surface area (Å²) in [7, 11) is 1.63. The van der Waals surface area contributed by atoms with Crippen molar-refractivity contribution >= 4 is 38.3 Å². The standard InChI is InChI=1S/C19H17BrN2O2S/c1-11-4-5-14(8-12(11)2)18(23)22-19-21-16(10-25-19)13-6-7-17(24-3)15(20)9-13/h4-10H,1-3H3,(H,21,22,23). The number of aryl methyl sites for hydroxylation is 2. The number of nitrogens with zero attached hydrogens (tertiary/aromatic N) is 1. The predicted octanol–water partition coefficient (Wildman–Crippen LogP) is 5.45. The first-order valence-electron chi connectivity index (χ1n) is 7.66. The van der Waals surface area contributed by atoms with Crippen molar-refractivity contribution in [2.75, 3.05) is 12.4 Å². The van der Waals surface area contributed by atoms with E-state index in [0.29, 0.717) is 10.7 Å². The summed E-state index contributed by atoms with van der Waals surface area (Å²) in [5, 5.41) is 5.36. The summed E-state index contributed by atoms with van der Waals surface area (Å²) in [6.07, 6.45) is 0. The average molecular weight is 417 g/mol. The van der Waals surface area contributed by atoms with E-state index in [-0.39, 0.29) is 5.91 Å². The lowest BCUT2D eigenvalue weighted by Gasteiger charge is -2.05. The molecular weight excluding hydrogens is 400 g/mol. The lowest BCUT2D eigenvalue weighted by atomic mass is 10.1. The van der Waals surface area contributed by atoms with E-state index in [4.69, 9.17) is 4.74 Å². The van der Waals surface area contributed by atoms with Crippen molar-refractivity contribution < 1.29 is 9.53 Å². The highest BCUT2D eigenvalue weighted by atomic mass is 79.9. The quantitative estimate of drug-likeness (QED) is 0.614. The number of hydrogen-bond donors (Lipinski definition) is 1. The lowest BCUT2D eigenvalue weighted by molar-refractivity contribution is 0.102. The van der Waals surface area contributed by atoms with Crippen LogP contribution < -0.4 is 10.1 Å². The van der Waals surface area contributed by atoms with Crippen molar-refractivity contribution in [2.45, 2.75) is 13.8 Å². The first-order chi connectivity index (χ1) is 12.0. The number of amides is 1. The van der Waals surface area contributed by atoms with Crippen molar-refractivity contribution in [1.29, 1.82) is 0 Å². The molecule has 0 saturated heterocycles. The number of anilines is 1. The zero-order valence-electron chi connectivity index (χ0n) is 14.1. The number of halogens is 1. The monoisotopic (exact) mass is 416 g/mol. The fraction of sp³-hybridized carbons (Fsp3) is 0.158. The Labute approximate surface area is 159 Å². The molecule has 0 atom stereocenters. The van der Waals surface area contributed by atoms with Crippen molar-refractivity contribution in [3.63, 3.8) is 0 Å². The van der Waals surface area contributed by atoms with Crippen LogP contribution >= 0.6 is 27.3 Å². The number of methoxy groups -OCH3 is 1. The van der Waals surface area contributed by atoms with Crippen LogP contribution in [0, 0.1) is 13.8 Å². The normalized spacial score (nSPS) is 10.6. The van der Waals surface area contributed by atoms with Crippen molar-refractivity contribution in [1.82, 2.24) is 4.98 Å². The van der Waals surface area contributed by atoms with Crippen LogP contribution in [0.3, 0.4) is 0 Å². The van der Waals surface area contributed by atoms with Crippen LogP contribution in [0.15, 0.2) is 46.3 Å². The van der Waals surface area contributed by atoms with Gasteiger partial charge in [0.1, 0.15) is 5.75 Å². The number of hydrogen-bond acceptors (Lipinski definition) is 4. The molecule has 0 unspecified atom stereocenters. The molecule has 0 aliphatic heterocycles. The number of carbonyl (C=O) groups excluding carboxylic acids is 1. The van der Waals surface area contributed by atoms with Crippen LogP contribution in [0.4, 0.5) is 5.13 Å². The topological polar surface area (TPSA) is 51.2 Å². The first kappa shape index (κ1) is 17.6. The molecule has 0 aliphatic rings. The Kier molecular flexibility index (Phi) is 5.20. The number of carbonyl (C=O) groups is 1. The van der Waals surface area contributed by atoms with Crippen LogP contribution in [-0.4, -0.2) is 18.0 Å². The Morgan fingerprint density at radius 3 is 2.64 bits per heavy atom. The summed E-state index contributed by atoms with van der Waals surface area (Å²) in [4.78, 5) is 16.9. The third kappa shape index (κ3) is 3.91. The van der Waals surface area contributed by atoms with Gasteiger partial charge in [0.15, 0.2) is 5.13 Å². The molecule has 4 nitrogen and oxygen atoms in total. The average Bonchev–Trinajstić information content (AvgIpc) is 3.05. The third-order valence-corrected chi connectivity index (χ3v) is 5.32. The Bertz CT molecular complexity index is 937. The smallest absolute Gasteiger partial charge is 0.257 e. The molecule has 2 aromatic carbocycles. The van der Waals surface area contributed by atoms with Gasteiger partial charge in [-0.15, -0.1) is 11.3 Å². The maximum absolute atomic E-state index is 12.4. The number of nitrogens with one attached hydrogen (secondary N) is 1. The minimum absolute atomic E-state index is 0.153. The van der Waals surface area contributed by atoms with Gasteiger partial charge in [0.2, 0.25) is 0 Å². The summed E-state index contributed by atoms with van der Waals surface area (Å²) in [6.45, 7) is 4.02. The van der Waals surface area contributed by atoms with Gasteiger partial charge in [0, 0.05) is 16.5 Å². The van der Waals surface area contributed by atoms with Gasteiger partial charge in [-0.1, -0.05) is 6.07 Å². The Balaban J connectivity index is 1.78. The van der Waals surface area contributed by atoms with Crippen molar-refractivity contribution in [2.24, 2.45) is 0 Å². The molecule has 0 fully saturated rings. The van der Waals surface area contributed by atoms with Gasteiger partial charge in [-0.2, -0.15) is 0 Å². The van der Waals surface area contributed by atoms with Gasteiger partial charge in [-0.05, 0) is 71.2 Å². The number of benzene rings is 2. The molecule has 1 aromatic heterocycles. The molecule has 0 spiro atoms. The molecule has 0 bridgehead atoms. The second kappa shape index (κ2) is 7.37. The highest BCUT2D eigenvalue weighted by Crippen LogP contribution is 2.32. The van der Waals surface area contributed by atoms with Gasteiger partial charge >= 0.3 is 0 Å². The van der Waals surface area contributed by atoms with Crippen molar-refractivity contribution in [3.05, 3.63) is 62.9 Å². The number of ether oxygens (including phenoxy) is 1. The predicted molar refractivity (Wildman–Crippen MR) is 106 cm³/mol. The number of rotatable bonds is 4. The summed E-state index contributed by atoms with van der Waals surface area (Å²) in [6, 6.07) is 11.4. The van der Waals surface area contributed by atoms with Crippen LogP contribution in [0.25, 0.3) is 11.3 Å². The summed E-state index contributed by atoms with van der Waals surface area (Å²) >= 11 is 4.88. The lowest BCUT2D eigenvalue weighted by Crippen LogP contribution is -2.12. The van der Waals surface area contributed by atoms with Crippen LogP contribution in [0.1, 0.15) is 21.5 Å². The second-order valence-electron chi connectivity index (χ2n) is 5.64. The highest BCUT2D eigenvalue weighted by molar-refractivity contribution is 9.10. The molecule has 128 valence electrons. The summed E-state index contributed by atoms with van der Waals surface area (Å²) in [5.41, 5.74) is 4.65. The Hall–Kier alpha value is -2.18. The number of thiazole rings is 1. The molecule has 1 N–H and O–H groups in total. The van der Waals surface area contributed by atoms with E-state index in [1.165, 1.54) is 11.3 Å². The molecule has 1 heterocycles. The van der Waals surface area contributed by atoms with Gasteiger partial charge < -0.3 is 4.74 Å². The molecule has 0 aliphatic carbocycles. The SMILES string of the molecule is COc1ccc(-c2csc(NC(=O)c3ccc(C)c(C)c3)n2)cc1Br. The van der Waals surface area contributed by atoms with Crippen LogP contribution in [0.2, 0.25) is 0 Å². The molecular formula is C19H17BrN2O2S. The maximum Gasteiger partial charge on any atom is 0.257 e. The summed E-state index contributed by atoms with van der Waals surface area (Å²) < 4.78 is 6.10. The Morgan fingerprint density at radius 1 is 1.16 bits per heavy atom. The minimum Gasteiger partial charge on any atom is -0.496 e. The first-order valence-corrected chi connectivity index (χ1v) is 9.33. The van der Waals surface area contributed by atoms with Gasteiger partial charge in [-0.3, -0.25) is 10.1 Å². The van der Waals surface area contributed by atoms with E-state index < -0.39 is 0 Å². The molecule has 3 aromatic rings. The minimum atomic E-state index is -0.153. The Morgan fingerprint density at radius 2 is 1.96 bits per heavy atom. The number of aromatic nitrogens is 1. The van der Waals surface area contributed by atoms with E-state index in [1.54, 1.807) is 7.11 Å². The maximum atomic E-state index is 12.4. The van der Waals surface area contributed by atoms with E-state index >= 15 is 0 Å². The van der Waals surface area contributed by atoms with Crippen LogP contribution in [-0.2, 0) is 0 Å². The fourth-order valence-corrected chi connectivity index (χ4v) is 3.60. The largest absolute Gasteiger partial charge is 0.496 e. The fourth-order valence-electron chi connectivity index (χ4n) is 2.34. The van der Waals surface area contributed by atoms with E-state index in [0.717, 1.165) is 32.6 Å². The zero-order chi connectivity index (χ0) is 18.0. The van der Waals surface area contributed by atoms with E-state index in [1.807, 2.05) is 55.6 Å². The van der Waals surface area contributed by atoms with Crippen LogP contribution in [0.5, 0.6) is 5.75 Å². The summed E-state index contributed by atoms with van der Waals surface area (Å²) in [5.74, 6) is 0.613. The molecule has 0 saturated carbocycles. The molecule has 6 heteroatoms. The molecule has 0 radical (unpaired) electrons. The van der Waals surface area contributed by atoms with Crippen molar-refractivity contribution in [3.8, 4) is 17.0 Å². The molecule has 1 amide bonds. The molecule has 25 heavy (non-hydrogen) atoms. The van der Waals surface area contributed by atoms with E-state index in [2.05, 4.69) is 26.2 Å². The van der Waals surface area contributed by atoms with Gasteiger partial charge in [0.05, 0.1) is 17.3 Å². The molecule has 3 rings (SSSR count).